The topological polar surface area (TPSA) is 120 Å². The summed E-state index contributed by atoms with van der Waals surface area (Å²) in [6.07, 6.45) is 6.10. The van der Waals surface area contributed by atoms with Gasteiger partial charge in [0.2, 0.25) is 0 Å². The fourth-order valence-corrected chi connectivity index (χ4v) is 8.36. The second-order valence-electron chi connectivity index (χ2n) is 10.9. The van der Waals surface area contributed by atoms with Crippen LogP contribution in [-0.2, 0) is 18.3 Å². The van der Waals surface area contributed by atoms with Gasteiger partial charge in [-0.3, -0.25) is 0 Å². The third-order valence-electron chi connectivity index (χ3n) is 8.38. The fourth-order valence-electron chi connectivity index (χ4n) is 6.28. The van der Waals surface area contributed by atoms with Crippen molar-refractivity contribution < 1.29 is 0 Å². The fraction of sp³-hybridized carbons (Fsp3) is 0.481. The molecule has 3 aromatic rings. The maximum absolute atomic E-state index is 9.72. The van der Waals surface area contributed by atoms with E-state index < -0.39 is 5.41 Å². The number of nitriles is 1. The minimum Gasteiger partial charge on any atom is -0.398 e. The summed E-state index contributed by atoms with van der Waals surface area (Å²) in [4.78, 5) is 5.88. The van der Waals surface area contributed by atoms with E-state index in [-0.39, 0.29) is 12.1 Å². The number of likely N-dealkylation sites (tertiary alicyclic amines) is 1. The number of nitrogens with two attached hydrogens (primary N) is 1. The number of thiophene rings is 2. The monoisotopic (exact) mass is 532 g/mol. The highest BCUT2D eigenvalue weighted by Crippen LogP contribution is 2.55. The molecule has 37 heavy (non-hydrogen) atoms. The average molecular weight is 533 g/mol. The first-order chi connectivity index (χ1) is 17.8. The van der Waals surface area contributed by atoms with Crippen molar-refractivity contribution in [3.05, 3.63) is 68.0 Å². The van der Waals surface area contributed by atoms with Crippen LogP contribution in [0, 0.1) is 16.7 Å². The summed E-state index contributed by atoms with van der Waals surface area (Å²) >= 11 is 3.52. The molecule has 4 heterocycles. The Hall–Kier alpha value is -3.00. The molecule has 2 unspecified atom stereocenters. The van der Waals surface area contributed by atoms with E-state index in [1.54, 1.807) is 22.7 Å². The van der Waals surface area contributed by atoms with Gasteiger partial charge in [-0.2, -0.15) is 10.5 Å². The molecule has 1 saturated heterocycles. The number of H-pyrrole nitrogens is 1. The summed E-state index contributed by atoms with van der Waals surface area (Å²) in [6.45, 7) is 12.2. The zero-order valence-electron chi connectivity index (χ0n) is 21.1. The molecule has 10 heteroatoms. The van der Waals surface area contributed by atoms with Crippen molar-refractivity contribution in [2.75, 3.05) is 13.1 Å². The third-order valence-corrected chi connectivity index (χ3v) is 10.6. The molecule has 0 bridgehead atoms. The lowest BCUT2D eigenvalue weighted by molar-refractivity contribution is 0.338. The Morgan fingerprint density at radius 1 is 1.35 bits per heavy atom. The minimum absolute atomic E-state index is 0.0656. The number of aryl methyl sites for hydroxylation is 2. The van der Waals surface area contributed by atoms with Crippen molar-refractivity contribution in [2.45, 2.75) is 62.9 Å². The summed E-state index contributed by atoms with van der Waals surface area (Å²) in [5.74, 6) is 0.675. The molecule has 6 rings (SSSR count). The first-order valence-electron chi connectivity index (χ1n) is 12.8. The van der Waals surface area contributed by atoms with Crippen LogP contribution in [0.1, 0.15) is 64.2 Å². The van der Waals surface area contributed by atoms with E-state index in [9.17, 15) is 5.26 Å². The molecule has 1 saturated carbocycles. The van der Waals surface area contributed by atoms with E-state index in [1.165, 1.54) is 33.7 Å². The largest absolute Gasteiger partial charge is 0.398 e. The number of aromatic nitrogens is 4. The lowest BCUT2D eigenvalue weighted by Crippen LogP contribution is -2.41. The van der Waals surface area contributed by atoms with Gasteiger partial charge in [-0.25, -0.2) is 0 Å². The second-order valence-corrected chi connectivity index (χ2v) is 13.0. The number of hydrogen-bond acceptors (Lipinski definition) is 9. The second kappa shape index (κ2) is 9.08. The summed E-state index contributed by atoms with van der Waals surface area (Å²) in [5, 5.41) is 31.4. The third kappa shape index (κ3) is 4.10. The van der Waals surface area contributed by atoms with Gasteiger partial charge in [0.15, 0.2) is 5.82 Å². The lowest BCUT2D eigenvalue weighted by Gasteiger charge is -2.34. The van der Waals surface area contributed by atoms with Gasteiger partial charge in [0.1, 0.15) is 6.04 Å². The highest BCUT2D eigenvalue weighted by molar-refractivity contribution is 7.13. The summed E-state index contributed by atoms with van der Waals surface area (Å²) in [7, 11) is 0. The quantitative estimate of drug-likeness (QED) is 0.402. The van der Waals surface area contributed by atoms with Gasteiger partial charge in [0.05, 0.1) is 11.5 Å². The summed E-state index contributed by atoms with van der Waals surface area (Å²) in [5.41, 5.74) is 9.97. The highest BCUT2D eigenvalue weighted by Gasteiger charge is 2.52. The van der Waals surface area contributed by atoms with Crippen LogP contribution in [-0.4, -0.2) is 50.7 Å². The van der Waals surface area contributed by atoms with E-state index in [1.807, 2.05) is 0 Å². The van der Waals surface area contributed by atoms with E-state index in [2.05, 4.69) is 74.5 Å². The van der Waals surface area contributed by atoms with Crippen molar-refractivity contribution in [3.63, 3.8) is 0 Å². The van der Waals surface area contributed by atoms with E-state index in [4.69, 9.17) is 5.73 Å². The molecule has 3 atom stereocenters. The molecule has 1 spiro atoms. The smallest absolute Gasteiger partial charge is 0.189 e. The van der Waals surface area contributed by atoms with E-state index in [0.717, 1.165) is 42.8 Å². The van der Waals surface area contributed by atoms with Crippen LogP contribution in [0.4, 0.5) is 0 Å². The average Bonchev–Trinajstić information content (AvgIpc) is 3.39. The van der Waals surface area contributed by atoms with Gasteiger partial charge in [0, 0.05) is 45.2 Å². The van der Waals surface area contributed by atoms with Gasteiger partial charge >= 0.3 is 0 Å². The minimum atomic E-state index is -0.562. The van der Waals surface area contributed by atoms with Crippen molar-refractivity contribution >= 4 is 28.4 Å². The number of fused-ring (bicyclic) bond motifs is 2. The first kappa shape index (κ1) is 24.3. The molecular weight excluding hydrogens is 500 g/mol. The molecule has 1 aliphatic heterocycles. The molecule has 8 nitrogen and oxygen atoms in total. The van der Waals surface area contributed by atoms with Crippen molar-refractivity contribution in [3.8, 4) is 6.07 Å². The molecule has 2 fully saturated rings. The standard InChI is InChI=1S/C27H32N8S2/c1-16(30-14-17(2)35-15-26(7-8-26)12-19(35)13-28)11-27(25-31-33-34-32-25)20-6-9-36-22(20)4-5-23-21(27)10-24(37-23)18(3)29/h6,9-10,16,19,30H,2-5,7-8,11-12,14-15,29H2,1H3,(H,31,32,33,34)/t16-,19?,27?/m0/s1. The van der Waals surface area contributed by atoms with Crippen LogP contribution in [0.15, 0.2) is 36.4 Å². The molecule has 0 aromatic carbocycles. The van der Waals surface area contributed by atoms with Gasteiger partial charge in [-0.05, 0) is 79.5 Å². The van der Waals surface area contributed by atoms with Crippen LogP contribution < -0.4 is 11.1 Å². The number of aromatic amines is 1. The SMILES string of the molecule is C=C(N)c1cc2c(s1)CCc1sccc1C2(C[C@H](C)NCC(=C)N1CC2(CC2)CC1C#N)c1nn[nH]n1. The number of nitrogens with zero attached hydrogens (tertiary/aromatic N) is 5. The maximum Gasteiger partial charge on any atom is 0.189 e. The first-order valence-corrected chi connectivity index (χ1v) is 14.5. The Balaban J connectivity index is 1.31. The number of hydrogen-bond donors (Lipinski definition) is 3. The lowest BCUT2D eigenvalue weighted by atomic mass is 9.70. The Labute approximate surface area is 225 Å². The number of rotatable bonds is 8. The molecule has 2 aliphatic carbocycles. The Kier molecular flexibility index (Phi) is 5.97. The van der Waals surface area contributed by atoms with Crippen molar-refractivity contribution in [1.82, 2.24) is 30.8 Å². The van der Waals surface area contributed by atoms with Crippen molar-refractivity contribution in [2.24, 2.45) is 11.1 Å². The van der Waals surface area contributed by atoms with E-state index >= 15 is 0 Å². The van der Waals surface area contributed by atoms with Crippen LogP contribution in [0.3, 0.4) is 0 Å². The van der Waals surface area contributed by atoms with Crippen molar-refractivity contribution in [1.29, 1.82) is 5.26 Å². The zero-order valence-corrected chi connectivity index (χ0v) is 22.7. The summed E-state index contributed by atoms with van der Waals surface area (Å²) < 4.78 is 0. The van der Waals surface area contributed by atoms with E-state index in [0.29, 0.717) is 23.5 Å². The van der Waals surface area contributed by atoms with Gasteiger partial charge in [0.25, 0.3) is 0 Å². The Morgan fingerprint density at radius 3 is 2.86 bits per heavy atom. The normalized spacial score (nSPS) is 24.2. The summed E-state index contributed by atoms with van der Waals surface area (Å²) in [6, 6.07) is 6.96. The van der Waals surface area contributed by atoms with Crippen LogP contribution in [0.25, 0.3) is 5.70 Å². The predicted molar refractivity (Wildman–Crippen MR) is 147 cm³/mol. The van der Waals surface area contributed by atoms with Gasteiger partial charge in [-0.1, -0.05) is 18.4 Å². The van der Waals surface area contributed by atoms with Gasteiger partial charge in [-0.15, -0.1) is 32.9 Å². The Bertz CT molecular complexity index is 1380. The molecule has 192 valence electrons. The molecule has 3 aromatic heterocycles. The molecule has 3 aliphatic rings. The zero-order chi connectivity index (χ0) is 25.8. The van der Waals surface area contributed by atoms with Gasteiger partial charge < -0.3 is 16.0 Å². The number of tetrazole rings is 1. The molecular formula is C27H32N8S2. The predicted octanol–water partition coefficient (Wildman–Crippen LogP) is 3.95. The number of nitrogens with one attached hydrogen (secondary N) is 2. The molecule has 0 radical (unpaired) electrons. The van der Waals surface area contributed by atoms with Crippen LogP contribution in [0.5, 0.6) is 0 Å². The Morgan fingerprint density at radius 2 is 2.16 bits per heavy atom. The molecule has 0 amide bonds. The highest BCUT2D eigenvalue weighted by atomic mass is 32.1. The van der Waals surface area contributed by atoms with Crippen LogP contribution in [0.2, 0.25) is 0 Å². The van der Waals surface area contributed by atoms with Crippen LogP contribution >= 0.6 is 22.7 Å². The maximum atomic E-state index is 9.72. The molecule has 4 N–H and O–H groups in total.